The lowest BCUT2D eigenvalue weighted by molar-refractivity contribution is 0.119. The highest BCUT2D eigenvalue weighted by Gasteiger charge is 2.26. The molecule has 0 bridgehead atoms. The average Bonchev–Trinajstić information content (AvgIpc) is 3.06. The second kappa shape index (κ2) is 10.3. The normalized spacial score (nSPS) is 20.5. The molecule has 1 aromatic rings. The first-order valence-electron chi connectivity index (χ1n) is 11.4. The smallest absolute Gasteiger partial charge is 0.191 e. The Labute approximate surface area is 171 Å². The Morgan fingerprint density at radius 3 is 2.39 bits per heavy atom. The van der Waals surface area contributed by atoms with E-state index >= 15 is 0 Å². The molecule has 0 unspecified atom stereocenters. The highest BCUT2D eigenvalue weighted by atomic mass is 15.3. The van der Waals surface area contributed by atoms with Gasteiger partial charge in [0.1, 0.15) is 0 Å². The van der Waals surface area contributed by atoms with E-state index in [0.29, 0.717) is 6.04 Å². The lowest BCUT2D eigenvalue weighted by Crippen LogP contribution is -2.50. The topological polar surface area (TPSA) is 57.5 Å². The summed E-state index contributed by atoms with van der Waals surface area (Å²) in [6.07, 6.45) is 11.5. The van der Waals surface area contributed by atoms with Crippen molar-refractivity contribution < 1.29 is 0 Å². The molecule has 0 aromatic carbocycles. The summed E-state index contributed by atoms with van der Waals surface area (Å²) in [5.41, 5.74) is 3.85. The van der Waals surface area contributed by atoms with Gasteiger partial charge in [0.15, 0.2) is 5.96 Å². The van der Waals surface area contributed by atoms with Crippen molar-refractivity contribution >= 4 is 5.96 Å². The Bertz CT molecular complexity index is 636. The molecule has 1 aliphatic carbocycles. The minimum absolute atomic E-state index is 0.524. The molecule has 2 N–H and O–H groups in total. The summed E-state index contributed by atoms with van der Waals surface area (Å²) in [5, 5.41) is 11.9. The predicted octanol–water partition coefficient (Wildman–Crippen LogP) is 3.01. The van der Waals surface area contributed by atoms with Gasteiger partial charge in [-0.2, -0.15) is 5.10 Å². The van der Waals surface area contributed by atoms with Crippen LogP contribution in [0.15, 0.2) is 4.99 Å². The molecule has 0 radical (unpaired) electrons. The molecule has 3 rings (SSSR count). The van der Waals surface area contributed by atoms with Crippen molar-refractivity contribution in [3.05, 3.63) is 17.0 Å². The van der Waals surface area contributed by atoms with Crippen LogP contribution in [0, 0.1) is 0 Å². The molecule has 1 saturated heterocycles. The van der Waals surface area contributed by atoms with E-state index in [1.165, 1.54) is 75.0 Å². The van der Waals surface area contributed by atoms with E-state index in [0.717, 1.165) is 31.4 Å². The highest BCUT2D eigenvalue weighted by Crippen LogP contribution is 2.25. The first kappa shape index (κ1) is 21.2. The zero-order valence-electron chi connectivity index (χ0n) is 18.4. The molecule has 2 aliphatic rings. The van der Waals surface area contributed by atoms with Crippen LogP contribution in [-0.4, -0.2) is 52.9 Å². The van der Waals surface area contributed by atoms with E-state index < -0.39 is 0 Å². The quantitative estimate of drug-likeness (QED) is 0.581. The third kappa shape index (κ3) is 5.07. The zero-order valence-corrected chi connectivity index (χ0v) is 18.4. The summed E-state index contributed by atoms with van der Waals surface area (Å²) in [7, 11) is 3.92. The Morgan fingerprint density at radius 2 is 1.79 bits per heavy atom. The number of guanidine groups is 1. The second-order valence-corrected chi connectivity index (χ2v) is 8.37. The second-order valence-electron chi connectivity index (χ2n) is 8.37. The SMILES string of the molecule is CCc1nn(C)c(CC)c1CNC(=NC)NC1CCN(C2CCCCC2)CC1. The summed E-state index contributed by atoms with van der Waals surface area (Å²) in [5.74, 6) is 0.920. The maximum Gasteiger partial charge on any atom is 0.191 e. The average molecular weight is 389 g/mol. The van der Waals surface area contributed by atoms with Crippen LogP contribution in [0.2, 0.25) is 0 Å². The molecule has 1 aromatic heterocycles. The monoisotopic (exact) mass is 388 g/mol. The first-order valence-corrected chi connectivity index (χ1v) is 11.4. The van der Waals surface area contributed by atoms with Gasteiger partial charge in [-0.3, -0.25) is 9.67 Å². The molecular formula is C22H40N6. The summed E-state index contributed by atoms with van der Waals surface area (Å²) in [6.45, 7) is 7.62. The van der Waals surface area contributed by atoms with Gasteiger partial charge in [0.25, 0.3) is 0 Å². The van der Waals surface area contributed by atoms with Gasteiger partial charge >= 0.3 is 0 Å². The van der Waals surface area contributed by atoms with Crippen LogP contribution in [0.1, 0.15) is 75.7 Å². The lowest BCUT2D eigenvalue weighted by Gasteiger charge is -2.39. The van der Waals surface area contributed by atoms with Crippen molar-refractivity contribution in [3.63, 3.8) is 0 Å². The molecular weight excluding hydrogens is 348 g/mol. The molecule has 6 heteroatoms. The van der Waals surface area contributed by atoms with Gasteiger partial charge < -0.3 is 15.5 Å². The van der Waals surface area contributed by atoms with Gasteiger partial charge in [0.2, 0.25) is 0 Å². The molecule has 2 heterocycles. The van der Waals surface area contributed by atoms with E-state index in [1.807, 2.05) is 11.7 Å². The summed E-state index contributed by atoms with van der Waals surface area (Å²) < 4.78 is 2.03. The molecule has 0 spiro atoms. The van der Waals surface area contributed by atoms with Crippen molar-refractivity contribution in [2.45, 2.75) is 90.3 Å². The van der Waals surface area contributed by atoms with Crippen LogP contribution in [0.4, 0.5) is 0 Å². The number of likely N-dealkylation sites (tertiary alicyclic amines) is 1. The molecule has 2 fully saturated rings. The minimum Gasteiger partial charge on any atom is -0.354 e. The van der Waals surface area contributed by atoms with Crippen LogP contribution in [0.5, 0.6) is 0 Å². The number of hydrogen-bond acceptors (Lipinski definition) is 3. The Balaban J connectivity index is 1.49. The van der Waals surface area contributed by atoms with Crippen molar-refractivity contribution in [2.24, 2.45) is 12.0 Å². The van der Waals surface area contributed by atoms with Gasteiger partial charge in [-0.05, 0) is 38.5 Å². The zero-order chi connectivity index (χ0) is 19.9. The molecule has 1 aliphatic heterocycles. The van der Waals surface area contributed by atoms with Crippen LogP contribution in [0.3, 0.4) is 0 Å². The number of hydrogen-bond donors (Lipinski definition) is 2. The standard InChI is InChI=1S/C22H40N6/c1-5-20-19(21(6-2)27(4)26-20)16-24-22(23-3)25-17-12-14-28(15-13-17)18-10-8-7-9-11-18/h17-18H,5-16H2,1-4H3,(H2,23,24,25). The van der Waals surface area contributed by atoms with Crippen LogP contribution < -0.4 is 10.6 Å². The summed E-state index contributed by atoms with van der Waals surface area (Å²) in [4.78, 5) is 7.22. The number of nitrogens with zero attached hydrogens (tertiary/aromatic N) is 4. The van der Waals surface area contributed by atoms with Crippen LogP contribution in [-0.2, 0) is 26.4 Å². The van der Waals surface area contributed by atoms with E-state index in [9.17, 15) is 0 Å². The third-order valence-electron chi connectivity index (χ3n) is 6.65. The fourth-order valence-electron chi connectivity index (χ4n) is 5.01. The minimum atomic E-state index is 0.524. The van der Waals surface area contributed by atoms with E-state index in [4.69, 9.17) is 0 Å². The Kier molecular flexibility index (Phi) is 7.77. The Morgan fingerprint density at radius 1 is 1.07 bits per heavy atom. The third-order valence-corrected chi connectivity index (χ3v) is 6.65. The molecule has 28 heavy (non-hydrogen) atoms. The number of nitrogens with one attached hydrogen (secondary N) is 2. The fourth-order valence-corrected chi connectivity index (χ4v) is 5.01. The number of aromatic nitrogens is 2. The van der Waals surface area contributed by atoms with Crippen molar-refractivity contribution in [1.82, 2.24) is 25.3 Å². The van der Waals surface area contributed by atoms with Crippen molar-refractivity contribution in [3.8, 4) is 0 Å². The number of aliphatic imine (C=N–C) groups is 1. The fraction of sp³-hybridized carbons (Fsp3) is 0.818. The van der Waals surface area contributed by atoms with E-state index in [2.05, 4.69) is 46.5 Å². The molecule has 0 atom stereocenters. The molecule has 0 amide bonds. The van der Waals surface area contributed by atoms with Gasteiger partial charge in [-0.15, -0.1) is 0 Å². The van der Waals surface area contributed by atoms with Gasteiger partial charge in [0, 0.05) is 57.1 Å². The van der Waals surface area contributed by atoms with E-state index in [1.54, 1.807) is 0 Å². The number of piperidine rings is 1. The highest BCUT2D eigenvalue weighted by molar-refractivity contribution is 5.80. The predicted molar refractivity (Wildman–Crippen MR) is 117 cm³/mol. The van der Waals surface area contributed by atoms with Gasteiger partial charge in [-0.25, -0.2) is 0 Å². The lowest BCUT2D eigenvalue weighted by atomic mass is 9.92. The van der Waals surface area contributed by atoms with Crippen LogP contribution in [0.25, 0.3) is 0 Å². The van der Waals surface area contributed by atoms with Crippen molar-refractivity contribution in [2.75, 3.05) is 20.1 Å². The molecule has 1 saturated carbocycles. The largest absolute Gasteiger partial charge is 0.354 e. The maximum atomic E-state index is 4.68. The Hall–Kier alpha value is -1.56. The van der Waals surface area contributed by atoms with Gasteiger partial charge in [-0.1, -0.05) is 33.1 Å². The van der Waals surface area contributed by atoms with E-state index in [-0.39, 0.29) is 0 Å². The maximum absolute atomic E-state index is 4.68. The van der Waals surface area contributed by atoms with Crippen LogP contribution >= 0.6 is 0 Å². The number of rotatable bonds is 6. The molecule has 6 nitrogen and oxygen atoms in total. The van der Waals surface area contributed by atoms with Crippen molar-refractivity contribution in [1.29, 1.82) is 0 Å². The first-order chi connectivity index (χ1) is 13.7. The van der Waals surface area contributed by atoms with Gasteiger partial charge in [0.05, 0.1) is 5.69 Å². The number of aryl methyl sites for hydroxylation is 2. The summed E-state index contributed by atoms with van der Waals surface area (Å²) >= 11 is 0. The summed E-state index contributed by atoms with van der Waals surface area (Å²) in [6, 6.07) is 1.37. The molecule has 158 valence electrons.